The molecule has 2 atom stereocenters. The van der Waals surface area contributed by atoms with Crippen LogP contribution in [0.3, 0.4) is 0 Å². The van der Waals surface area contributed by atoms with Crippen molar-refractivity contribution >= 4 is 28.6 Å². The smallest absolute Gasteiger partial charge is 0.233 e. The van der Waals surface area contributed by atoms with E-state index in [9.17, 15) is 4.79 Å². The summed E-state index contributed by atoms with van der Waals surface area (Å²) >= 11 is 1.52. The van der Waals surface area contributed by atoms with E-state index in [4.69, 9.17) is 9.72 Å². The SMILES string of the molecule is Cc1cc(SCC(=O)N2C[C@H](C)O[C@@H](C)C2)nc2c(C)cccc12. The van der Waals surface area contributed by atoms with Crippen LogP contribution in [0.25, 0.3) is 10.9 Å². The molecule has 5 heteroatoms. The number of pyridine rings is 1. The summed E-state index contributed by atoms with van der Waals surface area (Å²) in [5.41, 5.74) is 3.40. The molecule has 0 unspecified atom stereocenters. The van der Waals surface area contributed by atoms with Crippen molar-refractivity contribution < 1.29 is 9.53 Å². The van der Waals surface area contributed by atoms with E-state index in [2.05, 4.69) is 38.1 Å². The Balaban J connectivity index is 1.71. The molecule has 2 aromatic rings. The minimum absolute atomic E-state index is 0.103. The summed E-state index contributed by atoms with van der Waals surface area (Å²) in [7, 11) is 0. The molecule has 1 aromatic carbocycles. The van der Waals surface area contributed by atoms with Gasteiger partial charge in [-0.15, -0.1) is 0 Å². The molecule has 0 N–H and O–H groups in total. The van der Waals surface area contributed by atoms with Crippen LogP contribution in [-0.2, 0) is 9.53 Å². The lowest BCUT2D eigenvalue weighted by atomic mass is 10.1. The normalized spacial score (nSPS) is 21.2. The number of amides is 1. The van der Waals surface area contributed by atoms with Gasteiger partial charge in [-0.05, 0) is 44.9 Å². The van der Waals surface area contributed by atoms with E-state index in [1.807, 2.05) is 18.7 Å². The van der Waals surface area contributed by atoms with E-state index in [0.717, 1.165) is 10.5 Å². The zero-order chi connectivity index (χ0) is 17.3. The minimum atomic E-state index is 0.103. The molecule has 2 heterocycles. The van der Waals surface area contributed by atoms with Gasteiger partial charge in [0.1, 0.15) is 0 Å². The topological polar surface area (TPSA) is 42.4 Å². The summed E-state index contributed by atoms with van der Waals surface area (Å²) in [6.45, 7) is 9.55. The van der Waals surface area contributed by atoms with Gasteiger partial charge >= 0.3 is 0 Å². The molecule has 0 saturated carbocycles. The van der Waals surface area contributed by atoms with Gasteiger partial charge in [0, 0.05) is 18.5 Å². The van der Waals surface area contributed by atoms with Crippen LogP contribution in [-0.4, -0.2) is 46.8 Å². The second kappa shape index (κ2) is 7.11. The highest BCUT2D eigenvalue weighted by Crippen LogP contribution is 2.26. The average Bonchev–Trinajstić information content (AvgIpc) is 2.52. The maximum Gasteiger partial charge on any atom is 0.233 e. The number of ether oxygens (including phenoxy) is 1. The molecule has 24 heavy (non-hydrogen) atoms. The van der Waals surface area contributed by atoms with E-state index in [1.165, 1.54) is 28.3 Å². The number of benzene rings is 1. The molecule has 1 saturated heterocycles. The number of morpholine rings is 1. The third-order valence-electron chi connectivity index (χ3n) is 4.34. The number of fused-ring (bicyclic) bond motifs is 1. The summed E-state index contributed by atoms with van der Waals surface area (Å²) in [6, 6.07) is 8.30. The summed E-state index contributed by atoms with van der Waals surface area (Å²) in [6.07, 6.45) is 0.206. The van der Waals surface area contributed by atoms with Gasteiger partial charge in [0.15, 0.2) is 0 Å². The maximum absolute atomic E-state index is 12.5. The van der Waals surface area contributed by atoms with Crippen molar-refractivity contribution in [2.75, 3.05) is 18.8 Å². The van der Waals surface area contributed by atoms with Gasteiger partial charge in [-0.3, -0.25) is 4.79 Å². The van der Waals surface area contributed by atoms with Crippen LogP contribution in [0.1, 0.15) is 25.0 Å². The molecule has 3 rings (SSSR count). The highest BCUT2D eigenvalue weighted by Gasteiger charge is 2.25. The van der Waals surface area contributed by atoms with Crippen LogP contribution in [0.5, 0.6) is 0 Å². The molecule has 1 aromatic heterocycles. The predicted molar refractivity (Wildman–Crippen MR) is 98.5 cm³/mol. The second-order valence-corrected chi connectivity index (χ2v) is 7.59. The predicted octanol–water partition coefficient (Wildman–Crippen LogP) is 3.58. The van der Waals surface area contributed by atoms with Crippen LogP contribution >= 0.6 is 11.8 Å². The molecule has 0 aliphatic carbocycles. The Morgan fingerprint density at radius 3 is 2.67 bits per heavy atom. The van der Waals surface area contributed by atoms with Crippen molar-refractivity contribution in [3.63, 3.8) is 0 Å². The van der Waals surface area contributed by atoms with E-state index >= 15 is 0 Å². The van der Waals surface area contributed by atoms with Gasteiger partial charge in [0.05, 0.1) is 28.5 Å². The Labute approximate surface area is 147 Å². The second-order valence-electron chi connectivity index (χ2n) is 6.59. The average molecular weight is 344 g/mol. The molecule has 0 radical (unpaired) electrons. The lowest BCUT2D eigenvalue weighted by Gasteiger charge is -2.35. The first kappa shape index (κ1) is 17.2. The Morgan fingerprint density at radius 1 is 1.25 bits per heavy atom. The highest BCUT2D eigenvalue weighted by molar-refractivity contribution is 7.99. The van der Waals surface area contributed by atoms with Crippen molar-refractivity contribution in [3.8, 4) is 0 Å². The number of carbonyl (C=O) groups is 1. The molecule has 1 aliphatic heterocycles. The summed E-state index contributed by atoms with van der Waals surface area (Å²) in [5.74, 6) is 0.579. The number of hydrogen-bond donors (Lipinski definition) is 0. The Bertz CT molecular complexity index is 752. The minimum Gasteiger partial charge on any atom is -0.372 e. The third kappa shape index (κ3) is 3.73. The molecule has 0 spiro atoms. The number of carbonyl (C=O) groups excluding carboxylic acids is 1. The molecular formula is C19H24N2O2S. The van der Waals surface area contributed by atoms with Gasteiger partial charge in [-0.2, -0.15) is 0 Å². The number of aryl methyl sites for hydroxylation is 2. The summed E-state index contributed by atoms with van der Waals surface area (Å²) in [5, 5.41) is 2.10. The van der Waals surface area contributed by atoms with Gasteiger partial charge in [-0.25, -0.2) is 4.98 Å². The van der Waals surface area contributed by atoms with Crippen LogP contribution in [0.2, 0.25) is 0 Å². The highest BCUT2D eigenvalue weighted by atomic mass is 32.2. The first-order chi connectivity index (χ1) is 11.4. The van der Waals surface area contributed by atoms with E-state index in [1.54, 1.807) is 0 Å². The lowest BCUT2D eigenvalue weighted by Crippen LogP contribution is -2.48. The van der Waals surface area contributed by atoms with Crippen LogP contribution in [0, 0.1) is 13.8 Å². The molecule has 4 nitrogen and oxygen atoms in total. The fourth-order valence-corrected chi connectivity index (χ4v) is 4.08. The zero-order valence-electron chi connectivity index (χ0n) is 14.7. The van der Waals surface area contributed by atoms with Crippen molar-refractivity contribution in [3.05, 3.63) is 35.4 Å². The van der Waals surface area contributed by atoms with Crippen LogP contribution in [0.4, 0.5) is 0 Å². The number of para-hydroxylation sites is 1. The van der Waals surface area contributed by atoms with Gasteiger partial charge in [-0.1, -0.05) is 30.0 Å². The van der Waals surface area contributed by atoms with Crippen molar-refractivity contribution in [1.82, 2.24) is 9.88 Å². The first-order valence-electron chi connectivity index (χ1n) is 8.37. The Morgan fingerprint density at radius 2 is 1.96 bits per heavy atom. The number of rotatable bonds is 3. The van der Waals surface area contributed by atoms with Crippen LogP contribution < -0.4 is 0 Å². The van der Waals surface area contributed by atoms with Gasteiger partial charge in [0.2, 0.25) is 5.91 Å². The molecule has 1 fully saturated rings. The number of nitrogens with zero attached hydrogens (tertiary/aromatic N) is 2. The fourth-order valence-electron chi connectivity index (χ4n) is 3.21. The lowest BCUT2D eigenvalue weighted by molar-refractivity contribution is -0.140. The third-order valence-corrected chi connectivity index (χ3v) is 5.24. The number of aromatic nitrogens is 1. The number of thioether (sulfide) groups is 1. The Kier molecular flexibility index (Phi) is 5.11. The van der Waals surface area contributed by atoms with Crippen molar-refractivity contribution in [2.45, 2.75) is 44.9 Å². The van der Waals surface area contributed by atoms with Crippen molar-refractivity contribution in [1.29, 1.82) is 0 Å². The standard InChI is InChI=1S/C19H24N2O2S/c1-12-6-5-7-16-13(2)8-17(20-19(12)16)24-11-18(22)21-9-14(3)23-15(4)10-21/h5-8,14-15H,9-11H2,1-4H3/t14-,15-/m0/s1. The number of hydrogen-bond acceptors (Lipinski definition) is 4. The quantitative estimate of drug-likeness (QED) is 0.798. The molecule has 1 aliphatic rings. The van der Waals surface area contributed by atoms with Crippen LogP contribution in [0.15, 0.2) is 29.3 Å². The maximum atomic E-state index is 12.5. The van der Waals surface area contributed by atoms with E-state index in [0.29, 0.717) is 18.8 Å². The van der Waals surface area contributed by atoms with Gasteiger partial charge < -0.3 is 9.64 Å². The van der Waals surface area contributed by atoms with Crippen molar-refractivity contribution in [2.24, 2.45) is 0 Å². The largest absolute Gasteiger partial charge is 0.372 e. The molecule has 128 valence electrons. The summed E-state index contributed by atoms with van der Waals surface area (Å²) < 4.78 is 5.69. The van der Waals surface area contributed by atoms with E-state index in [-0.39, 0.29) is 18.1 Å². The fraction of sp³-hybridized carbons (Fsp3) is 0.474. The molecular weight excluding hydrogens is 320 g/mol. The molecule has 1 amide bonds. The monoisotopic (exact) mass is 344 g/mol. The van der Waals surface area contributed by atoms with Gasteiger partial charge in [0.25, 0.3) is 0 Å². The van der Waals surface area contributed by atoms with E-state index < -0.39 is 0 Å². The summed E-state index contributed by atoms with van der Waals surface area (Å²) in [4.78, 5) is 19.2. The molecule has 0 bridgehead atoms. The Hall–Kier alpha value is -1.59. The first-order valence-corrected chi connectivity index (χ1v) is 9.35. The zero-order valence-corrected chi connectivity index (χ0v) is 15.5.